The maximum absolute atomic E-state index is 12.4. The lowest BCUT2D eigenvalue weighted by molar-refractivity contribution is 0.0790. The standard InChI is InChI=1S/C15H22N2O3.ClH/c1-3-19-13-6-5-11(9-14(13)20-4-2)15(18)17-8-7-12(16)10-17;/h5-6,9,12H,3-4,7-8,10,16H2,1-2H3;1H. The highest BCUT2D eigenvalue weighted by molar-refractivity contribution is 5.95. The fourth-order valence-electron chi connectivity index (χ4n) is 2.34. The number of ether oxygens (including phenoxy) is 2. The molecule has 1 aromatic carbocycles. The van der Waals surface area contributed by atoms with Gasteiger partial charge in [0.1, 0.15) is 0 Å². The van der Waals surface area contributed by atoms with Crippen molar-refractivity contribution in [2.45, 2.75) is 26.3 Å². The van der Waals surface area contributed by atoms with E-state index in [0.29, 0.717) is 36.8 Å². The molecule has 118 valence electrons. The van der Waals surface area contributed by atoms with Gasteiger partial charge in [0.05, 0.1) is 13.2 Å². The van der Waals surface area contributed by atoms with Crippen LogP contribution in [-0.2, 0) is 0 Å². The van der Waals surface area contributed by atoms with Crippen LogP contribution >= 0.6 is 12.4 Å². The largest absolute Gasteiger partial charge is 0.490 e. The molecule has 1 aromatic rings. The van der Waals surface area contributed by atoms with Crippen LogP contribution in [0.25, 0.3) is 0 Å². The summed E-state index contributed by atoms with van der Waals surface area (Å²) in [4.78, 5) is 14.2. The number of rotatable bonds is 5. The molecule has 1 amide bonds. The van der Waals surface area contributed by atoms with E-state index in [-0.39, 0.29) is 24.4 Å². The number of likely N-dealkylation sites (tertiary alicyclic amines) is 1. The molecule has 1 aliphatic heterocycles. The average Bonchev–Trinajstić information content (AvgIpc) is 2.87. The van der Waals surface area contributed by atoms with Gasteiger partial charge in [0.15, 0.2) is 11.5 Å². The summed E-state index contributed by atoms with van der Waals surface area (Å²) in [6.45, 7) is 6.26. The average molecular weight is 315 g/mol. The number of carbonyl (C=O) groups excluding carboxylic acids is 1. The van der Waals surface area contributed by atoms with Crippen LogP contribution in [0.15, 0.2) is 18.2 Å². The molecule has 0 radical (unpaired) electrons. The number of nitrogens with two attached hydrogens (primary N) is 1. The summed E-state index contributed by atoms with van der Waals surface area (Å²) in [5.41, 5.74) is 6.46. The smallest absolute Gasteiger partial charge is 0.254 e. The van der Waals surface area contributed by atoms with Crippen LogP contribution in [0.5, 0.6) is 11.5 Å². The highest BCUT2D eigenvalue weighted by Gasteiger charge is 2.25. The Labute approximate surface area is 131 Å². The van der Waals surface area contributed by atoms with Gasteiger partial charge < -0.3 is 20.1 Å². The van der Waals surface area contributed by atoms with Crippen molar-refractivity contribution in [2.75, 3.05) is 26.3 Å². The number of nitrogens with zero attached hydrogens (tertiary/aromatic N) is 1. The summed E-state index contributed by atoms with van der Waals surface area (Å²) in [7, 11) is 0. The van der Waals surface area contributed by atoms with Crippen LogP contribution in [0.2, 0.25) is 0 Å². The molecule has 1 heterocycles. The summed E-state index contributed by atoms with van der Waals surface area (Å²) < 4.78 is 11.0. The molecule has 2 rings (SSSR count). The van der Waals surface area contributed by atoms with E-state index in [1.165, 1.54) is 0 Å². The lowest BCUT2D eigenvalue weighted by Crippen LogP contribution is -2.31. The van der Waals surface area contributed by atoms with Crippen LogP contribution in [0.1, 0.15) is 30.6 Å². The highest BCUT2D eigenvalue weighted by atomic mass is 35.5. The van der Waals surface area contributed by atoms with Crippen LogP contribution in [0.4, 0.5) is 0 Å². The van der Waals surface area contributed by atoms with Gasteiger partial charge in [-0.2, -0.15) is 0 Å². The van der Waals surface area contributed by atoms with Gasteiger partial charge in [-0.25, -0.2) is 0 Å². The van der Waals surface area contributed by atoms with Crippen LogP contribution < -0.4 is 15.2 Å². The SMILES string of the molecule is CCOc1ccc(C(=O)N2CCC(N)C2)cc1OCC.Cl. The van der Waals surface area contributed by atoms with E-state index >= 15 is 0 Å². The summed E-state index contributed by atoms with van der Waals surface area (Å²) >= 11 is 0. The third-order valence-corrected chi connectivity index (χ3v) is 3.30. The quantitative estimate of drug-likeness (QED) is 0.903. The van der Waals surface area contributed by atoms with Gasteiger partial charge in [-0.05, 0) is 38.5 Å². The van der Waals surface area contributed by atoms with Crippen molar-refractivity contribution in [1.82, 2.24) is 4.90 Å². The molecule has 0 aromatic heterocycles. The molecule has 1 fully saturated rings. The van der Waals surface area contributed by atoms with Crippen molar-refractivity contribution in [3.05, 3.63) is 23.8 Å². The van der Waals surface area contributed by atoms with Crippen LogP contribution in [0, 0.1) is 0 Å². The third kappa shape index (κ3) is 4.25. The molecular formula is C15H23ClN2O3. The van der Waals surface area contributed by atoms with Gasteiger partial charge >= 0.3 is 0 Å². The van der Waals surface area contributed by atoms with Gasteiger partial charge in [-0.3, -0.25) is 4.79 Å². The minimum Gasteiger partial charge on any atom is -0.490 e. The lowest BCUT2D eigenvalue weighted by Gasteiger charge is -2.17. The zero-order valence-corrected chi connectivity index (χ0v) is 13.3. The van der Waals surface area contributed by atoms with E-state index in [9.17, 15) is 4.79 Å². The molecule has 5 nitrogen and oxygen atoms in total. The van der Waals surface area contributed by atoms with E-state index in [2.05, 4.69) is 0 Å². The Morgan fingerprint density at radius 2 is 1.95 bits per heavy atom. The molecule has 1 unspecified atom stereocenters. The third-order valence-electron chi connectivity index (χ3n) is 3.30. The Kier molecular flexibility index (Phi) is 6.78. The highest BCUT2D eigenvalue weighted by Crippen LogP contribution is 2.29. The number of amides is 1. The fraction of sp³-hybridized carbons (Fsp3) is 0.533. The van der Waals surface area contributed by atoms with E-state index in [4.69, 9.17) is 15.2 Å². The number of benzene rings is 1. The van der Waals surface area contributed by atoms with Gasteiger partial charge in [0, 0.05) is 24.7 Å². The summed E-state index contributed by atoms with van der Waals surface area (Å²) in [5, 5.41) is 0. The Bertz CT molecular complexity index is 482. The molecule has 1 aliphatic rings. The van der Waals surface area contributed by atoms with Gasteiger partial charge in [-0.15, -0.1) is 12.4 Å². The van der Waals surface area contributed by atoms with Crippen molar-refractivity contribution >= 4 is 18.3 Å². The van der Waals surface area contributed by atoms with Crippen LogP contribution in [-0.4, -0.2) is 43.2 Å². The second kappa shape index (κ2) is 8.10. The molecular weight excluding hydrogens is 292 g/mol. The van der Waals surface area contributed by atoms with Gasteiger partial charge in [0.2, 0.25) is 0 Å². The zero-order chi connectivity index (χ0) is 14.5. The van der Waals surface area contributed by atoms with Gasteiger partial charge in [0.25, 0.3) is 5.91 Å². The predicted octanol–water partition coefficient (Wildman–Crippen LogP) is 2.08. The van der Waals surface area contributed by atoms with Crippen molar-refractivity contribution in [2.24, 2.45) is 5.73 Å². The molecule has 6 heteroatoms. The van der Waals surface area contributed by atoms with E-state index in [0.717, 1.165) is 13.0 Å². The summed E-state index contributed by atoms with van der Waals surface area (Å²) in [5.74, 6) is 1.29. The Morgan fingerprint density at radius 1 is 1.29 bits per heavy atom. The molecule has 0 spiro atoms. The Balaban J connectivity index is 0.00000220. The fourth-order valence-corrected chi connectivity index (χ4v) is 2.34. The molecule has 1 atom stereocenters. The monoisotopic (exact) mass is 314 g/mol. The first-order chi connectivity index (χ1) is 9.65. The Hall–Kier alpha value is -1.46. The molecule has 21 heavy (non-hydrogen) atoms. The summed E-state index contributed by atoms with van der Waals surface area (Å²) in [6.07, 6.45) is 0.862. The number of halogens is 1. The van der Waals surface area contributed by atoms with Crippen LogP contribution in [0.3, 0.4) is 0 Å². The maximum atomic E-state index is 12.4. The molecule has 0 saturated carbocycles. The summed E-state index contributed by atoms with van der Waals surface area (Å²) in [6, 6.07) is 5.41. The topological polar surface area (TPSA) is 64.8 Å². The number of carbonyl (C=O) groups is 1. The van der Waals surface area contributed by atoms with Crippen molar-refractivity contribution in [3.63, 3.8) is 0 Å². The molecule has 0 aliphatic carbocycles. The van der Waals surface area contributed by atoms with Crippen molar-refractivity contribution < 1.29 is 14.3 Å². The van der Waals surface area contributed by atoms with Crippen molar-refractivity contribution in [1.29, 1.82) is 0 Å². The zero-order valence-electron chi connectivity index (χ0n) is 12.5. The minimum atomic E-state index is 0. The second-order valence-electron chi connectivity index (χ2n) is 4.83. The first kappa shape index (κ1) is 17.6. The van der Waals surface area contributed by atoms with E-state index in [1.807, 2.05) is 13.8 Å². The predicted molar refractivity (Wildman–Crippen MR) is 84.5 cm³/mol. The van der Waals surface area contributed by atoms with E-state index in [1.54, 1.807) is 23.1 Å². The van der Waals surface area contributed by atoms with Crippen molar-refractivity contribution in [3.8, 4) is 11.5 Å². The van der Waals surface area contributed by atoms with E-state index < -0.39 is 0 Å². The number of hydrogen-bond acceptors (Lipinski definition) is 4. The first-order valence-corrected chi connectivity index (χ1v) is 7.10. The minimum absolute atomic E-state index is 0. The second-order valence-corrected chi connectivity index (χ2v) is 4.83. The normalized spacial score (nSPS) is 17.3. The number of hydrogen-bond donors (Lipinski definition) is 1. The molecule has 2 N–H and O–H groups in total. The molecule has 0 bridgehead atoms. The maximum Gasteiger partial charge on any atom is 0.254 e. The first-order valence-electron chi connectivity index (χ1n) is 7.10. The Morgan fingerprint density at radius 3 is 2.52 bits per heavy atom. The van der Waals surface area contributed by atoms with Gasteiger partial charge in [-0.1, -0.05) is 0 Å². The molecule has 1 saturated heterocycles. The lowest BCUT2D eigenvalue weighted by atomic mass is 10.1.